The van der Waals surface area contributed by atoms with Crippen LogP contribution in [0.25, 0.3) is 0 Å². The fraction of sp³-hybridized carbons (Fsp3) is 0.667. The summed E-state index contributed by atoms with van der Waals surface area (Å²) in [5.41, 5.74) is 1.16. The largest absolute Gasteiger partial charge is 0.378 e. The Kier molecular flexibility index (Phi) is 7.73. The number of rotatable bonds is 7. The SMILES string of the molecule is CN1CCC(CCNC(=O)c2cc(S(=O)(=O)N(C)C)ccc2N2CCOCC2)CC1. The zero-order valence-corrected chi connectivity index (χ0v) is 19.1. The van der Waals surface area contributed by atoms with Crippen LogP contribution in [0.2, 0.25) is 0 Å². The Hall–Kier alpha value is -1.68. The zero-order valence-electron chi connectivity index (χ0n) is 18.3. The number of likely N-dealkylation sites (tertiary alicyclic amines) is 1. The van der Waals surface area contributed by atoms with Gasteiger partial charge in [0.05, 0.1) is 23.7 Å². The Morgan fingerprint density at radius 3 is 2.47 bits per heavy atom. The van der Waals surface area contributed by atoms with Crippen molar-refractivity contribution in [1.29, 1.82) is 0 Å². The third-order valence-electron chi connectivity index (χ3n) is 6.02. The fourth-order valence-electron chi connectivity index (χ4n) is 3.98. The molecule has 1 aromatic rings. The van der Waals surface area contributed by atoms with Gasteiger partial charge in [-0.3, -0.25) is 4.79 Å². The van der Waals surface area contributed by atoms with Crippen molar-refractivity contribution in [1.82, 2.24) is 14.5 Å². The lowest BCUT2D eigenvalue weighted by molar-refractivity contribution is 0.0947. The number of morpholine rings is 1. The highest BCUT2D eigenvalue weighted by Gasteiger charge is 2.24. The Balaban J connectivity index is 1.75. The highest BCUT2D eigenvalue weighted by molar-refractivity contribution is 7.89. The molecule has 0 radical (unpaired) electrons. The second-order valence-corrected chi connectivity index (χ2v) is 10.5. The van der Waals surface area contributed by atoms with Gasteiger partial charge >= 0.3 is 0 Å². The van der Waals surface area contributed by atoms with Crippen LogP contribution in [-0.4, -0.2) is 90.6 Å². The van der Waals surface area contributed by atoms with Crippen molar-refractivity contribution in [2.45, 2.75) is 24.2 Å². The number of nitrogens with zero attached hydrogens (tertiary/aromatic N) is 3. The molecule has 0 aliphatic carbocycles. The van der Waals surface area contributed by atoms with Gasteiger partial charge in [0.1, 0.15) is 0 Å². The van der Waals surface area contributed by atoms with E-state index in [1.807, 2.05) is 0 Å². The number of piperidine rings is 1. The molecule has 3 rings (SSSR count). The zero-order chi connectivity index (χ0) is 21.7. The molecule has 2 saturated heterocycles. The van der Waals surface area contributed by atoms with Gasteiger partial charge in [-0.2, -0.15) is 0 Å². The van der Waals surface area contributed by atoms with Gasteiger partial charge in [0.25, 0.3) is 5.91 Å². The average molecular weight is 439 g/mol. The van der Waals surface area contributed by atoms with Crippen LogP contribution in [0.3, 0.4) is 0 Å². The smallest absolute Gasteiger partial charge is 0.253 e. The number of amides is 1. The highest BCUT2D eigenvalue weighted by atomic mass is 32.2. The van der Waals surface area contributed by atoms with Gasteiger partial charge in [-0.15, -0.1) is 0 Å². The number of benzene rings is 1. The molecule has 2 fully saturated rings. The summed E-state index contributed by atoms with van der Waals surface area (Å²) in [6.07, 6.45) is 3.26. The molecule has 0 bridgehead atoms. The van der Waals surface area contributed by atoms with Gasteiger partial charge in [-0.1, -0.05) is 0 Å². The lowest BCUT2D eigenvalue weighted by atomic mass is 9.94. The predicted octanol–water partition coefficient (Wildman–Crippen LogP) is 1.24. The maximum atomic E-state index is 13.1. The van der Waals surface area contributed by atoms with E-state index in [0.29, 0.717) is 44.3 Å². The normalized spacial score (nSPS) is 19.3. The lowest BCUT2D eigenvalue weighted by Gasteiger charge is -2.31. The number of anilines is 1. The standard InChI is InChI=1S/C21H34N4O4S/c1-23(2)30(27,28)18-4-5-20(25-12-14-29-15-13-25)19(16-18)21(26)22-9-6-17-7-10-24(3)11-8-17/h4-5,16-17H,6-15H2,1-3H3,(H,22,26). The summed E-state index contributed by atoms with van der Waals surface area (Å²) < 4.78 is 31.8. The Labute approximate surface area is 180 Å². The van der Waals surface area contributed by atoms with Gasteiger partial charge < -0.3 is 19.9 Å². The van der Waals surface area contributed by atoms with Crippen LogP contribution in [0.15, 0.2) is 23.1 Å². The minimum atomic E-state index is -3.62. The second-order valence-electron chi connectivity index (χ2n) is 8.36. The third-order valence-corrected chi connectivity index (χ3v) is 7.83. The van der Waals surface area contributed by atoms with E-state index in [1.54, 1.807) is 12.1 Å². The van der Waals surface area contributed by atoms with Crippen LogP contribution in [0, 0.1) is 5.92 Å². The molecular weight excluding hydrogens is 404 g/mol. The van der Waals surface area contributed by atoms with E-state index < -0.39 is 10.0 Å². The summed E-state index contributed by atoms with van der Waals surface area (Å²) in [4.78, 5) is 17.6. The van der Waals surface area contributed by atoms with E-state index in [2.05, 4.69) is 22.2 Å². The summed E-state index contributed by atoms with van der Waals surface area (Å²) in [5, 5.41) is 3.03. The van der Waals surface area contributed by atoms with Gasteiger partial charge in [0, 0.05) is 39.4 Å². The number of carbonyl (C=O) groups is 1. The van der Waals surface area contributed by atoms with Crippen LogP contribution in [-0.2, 0) is 14.8 Å². The van der Waals surface area contributed by atoms with Crippen molar-refractivity contribution in [3.05, 3.63) is 23.8 Å². The minimum absolute atomic E-state index is 0.130. The van der Waals surface area contributed by atoms with Crippen molar-refractivity contribution in [3.8, 4) is 0 Å². The first kappa shape index (κ1) is 23.0. The number of hydrogen-bond donors (Lipinski definition) is 1. The summed E-state index contributed by atoms with van der Waals surface area (Å²) in [5.74, 6) is 0.404. The first-order valence-corrected chi connectivity index (χ1v) is 12.1. The predicted molar refractivity (Wildman–Crippen MR) is 118 cm³/mol. The Bertz CT molecular complexity index is 829. The van der Waals surface area contributed by atoms with Crippen LogP contribution in [0.4, 0.5) is 5.69 Å². The van der Waals surface area contributed by atoms with Crippen molar-refractivity contribution >= 4 is 21.6 Å². The van der Waals surface area contributed by atoms with Crippen molar-refractivity contribution in [2.75, 3.05) is 72.0 Å². The second kappa shape index (κ2) is 10.1. The number of ether oxygens (including phenoxy) is 1. The summed E-state index contributed by atoms with van der Waals surface area (Å²) in [6, 6.07) is 4.83. The summed E-state index contributed by atoms with van der Waals surface area (Å²) >= 11 is 0. The van der Waals surface area contributed by atoms with Crippen molar-refractivity contribution in [2.24, 2.45) is 5.92 Å². The number of hydrogen-bond acceptors (Lipinski definition) is 6. The summed E-state index contributed by atoms with van der Waals surface area (Å²) in [6.45, 7) is 5.34. The maximum absolute atomic E-state index is 13.1. The summed E-state index contributed by atoms with van der Waals surface area (Å²) in [7, 11) is 1.51. The molecule has 0 spiro atoms. The molecule has 1 aromatic carbocycles. The van der Waals surface area contributed by atoms with Crippen molar-refractivity contribution < 1.29 is 17.9 Å². The van der Waals surface area contributed by atoms with Gasteiger partial charge in [0.15, 0.2) is 0 Å². The lowest BCUT2D eigenvalue weighted by Crippen LogP contribution is -2.38. The molecular formula is C21H34N4O4S. The monoisotopic (exact) mass is 438 g/mol. The number of carbonyl (C=O) groups excluding carboxylic acids is 1. The minimum Gasteiger partial charge on any atom is -0.378 e. The Morgan fingerprint density at radius 2 is 1.83 bits per heavy atom. The highest BCUT2D eigenvalue weighted by Crippen LogP contribution is 2.26. The van der Waals surface area contributed by atoms with E-state index in [9.17, 15) is 13.2 Å². The number of nitrogens with one attached hydrogen (secondary N) is 1. The van der Waals surface area contributed by atoms with Crippen LogP contribution >= 0.6 is 0 Å². The Morgan fingerprint density at radius 1 is 1.17 bits per heavy atom. The average Bonchev–Trinajstić information content (AvgIpc) is 2.75. The molecule has 9 heteroatoms. The molecule has 1 amide bonds. The molecule has 8 nitrogen and oxygen atoms in total. The molecule has 30 heavy (non-hydrogen) atoms. The number of sulfonamides is 1. The molecule has 0 unspecified atom stereocenters. The van der Waals surface area contributed by atoms with Gasteiger partial charge in [-0.25, -0.2) is 12.7 Å². The molecule has 2 aliphatic heterocycles. The van der Waals surface area contributed by atoms with Crippen LogP contribution in [0.1, 0.15) is 29.6 Å². The molecule has 0 saturated carbocycles. The first-order valence-electron chi connectivity index (χ1n) is 10.6. The third kappa shape index (κ3) is 5.51. The van der Waals surface area contributed by atoms with Crippen LogP contribution in [0.5, 0.6) is 0 Å². The van der Waals surface area contributed by atoms with E-state index >= 15 is 0 Å². The molecule has 168 valence electrons. The van der Waals surface area contributed by atoms with Gasteiger partial charge in [0.2, 0.25) is 10.0 Å². The quantitative estimate of drug-likeness (QED) is 0.690. The molecule has 0 atom stereocenters. The van der Waals surface area contributed by atoms with E-state index in [0.717, 1.165) is 38.0 Å². The molecule has 2 aliphatic rings. The van der Waals surface area contributed by atoms with E-state index in [4.69, 9.17) is 4.74 Å². The fourth-order valence-corrected chi connectivity index (χ4v) is 4.91. The molecule has 0 aromatic heterocycles. The molecule has 2 heterocycles. The maximum Gasteiger partial charge on any atom is 0.253 e. The van der Waals surface area contributed by atoms with Crippen molar-refractivity contribution in [3.63, 3.8) is 0 Å². The van der Waals surface area contributed by atoms with Gasteiger partial charge in [-0.05, 0) is 63.5 Å². The topological polar surface area (TPSA) is 82.2 Å². The van der Waals surface area contributed by atoms with E-state index in [-0.39, 0.29) is 10.8 Å². The van der Waals surface area contributed by atoms with Crippen LogP contribution < -0.4 is 10.2 Å². The van der Waals surface area contributed by atoms with E-state index in [1.165, 1.54) is 24.5 Å². The molecule has 1 N–H and O–H groups in total. The first-order chi connectivity index (χ1) is 14.3.